The number of ether oxygens (including phenoxy) is 1. The van der Waals surface area contributed by atoms with Gasteiger partial charge in [-0.05, 0) is 69.4 Å². The molecule has 7 heteroatoms. The number of hydrogen-bond donors (Lipinski definition) is 1. The van der Waals surface area contributed by atoms with Gasteiger partial charge in [-0.25, -0.2) is 9.59 Å². The maximum atomic E-state index is 12.1. The van der Waals surface area contributed by atoms with Crippen LogP contribution < -0.4 is 5.32 Å². The smallest absolute Gasteiger partial charge is 0.409 e. The molecule has 1 spiro atoms. The number of piperidine rings is 1. The van der Waals surface area contributed by atoms with Crippen molar-refractivity contribution in [2.24, 2.45) is 11.3 Å². The van der Waals surface area contributed by atoms with Crippen LogP contribution in [0.25, 0.3) is 0 Å². The lowest BCUT2D eigenvalue weighted by Gasteiger charge is -2.52. The number of methoxy groups -OCH3 is 1. The van der Waals surface area contributed by atoms with E-state index in [2.05, 4.69) is 15.1 Å². The van der Waals surface area contributed by atoms with Crippen molar-refractivity contribution in [2.45, 2.75) is 57.0 Å². The van der Waals surface area contributed by atoms with Crippen LogP contribution in [0.4, 0.5) is 9.59 Å². The molecule has 0 unspecified atom stereocenters. The summed E-state index contributed by atoms with van der Waals surface area (Å²) in [5.74, 6) is 0.649. The van der Waals surface area contributed by atoms with E-state index in [0.29, 0.717) is 23.4 Å². The summed E-state index contributed by atoms with van der Waals surface area (Å²) < 4.78 is 4.88. The number of amides is 3. The molecule has 1 saturated carbocycles. The largest absolute Gasteiger partial charge is 0.453 e. The van der Waals surface area contributed by atoms with Crippen LogP contribution in [0.15, 0.2) is 0 Å². The molecule has 1 atom stereocenters. The van der Waals surface area contributed by atoms with Gasteiger partial charge in [-0.2, -0.15) is 0 Å². The standard InChI is InChI=1S/C20H34N4O3/c1-21-18(25)24-8-3-4-17(24)15-5-9-22(10-6-15)16-12-20(13-16)7-11-23(14-20)19(26)27-2/h15-17H,3-14H2,1-2H3,(H,21,25)/t16?,17-,20?/m0/s1. The average Bonchev–Trinajstić information content (AvgIpc) is 3.33. The molecule has 4 aliphatic rings. The highest BCUT2D eigenvalue weighted by atomic mass is 16.5. The zero-order chi connectivity index (χ0) is 19.0. The molecule has 3 aliphatic heterocycles. The van der Waals surface area contributed by atoms with E-state index in [4.69, 9.17) is 4.74 Å². The van der Waals surface area contributed by atoms with E-state index in [0.717, 1.165) is 52.0 Å². The summed E-state index contributed by atoms with van der Waals surface area (Å²) in [7, 11) is 3.20. The van der Waals surface area contributed by atoms with Crippen molar-refractivity contribution in [3.05, 3.63) is 0 Å². The van der Waals surface area contributed by atoms with Gasteiger partial charge in [-0.15, -0.1) is 0 Å². The maximum Gasteiger partial charge on any atom is 0.409 e. The minimum atomic E-state index is -0.173. The lowest BCUT2D eigenvalue weighted by Crippen LogP contribution is -2.55. The fourth-order valence-corrected chi connectivity index (χ4v) is 6.10. The molecule has 27 heavy (non-hydrogen) atoms. The first-order valence-electron chi connectivity index (χ1n) is 10.6. The number of rotatable bonds is 2. The van der Waals surface area contributed by atoms with Crippen LogP contribution in [0.2, 0.25) is 0 Å². The van der Waals surface area contributed by atoms with Crippen LogP contribution in [0.3, 0.4) is 0 Å². The second kappa shape index (κ2) is 7.49. The van der Waals surface area contributed by atoms with E-state index >= 15 is 0 Å². The molecular formula is C20H34N4O3. The Hall–Kier alpha value is -1.50. The van der Waals surface area contributed by atoms with Gasteiger partial charge >= 0.3 is 12.1 Å². The Morgan fingerprint density at radius 3 is 2.48 bits per heavy atom. The molecule has 1 aliphatic carbocycles. The first-order chi connectivity index (χ1) is 13.0. The quantitative estimate of drug-likeness (QED) is 0.799. The summed E-state index contributed by atoms with van der Waals surface area (Å²) in [6.45, 7) is 4.94. The summed E-state index contributed by atoms with van der Waals surface area (Å²) in [6.07, 6.45) is 8.10. The van der Waals surface area contributed by atoms with Gasteiger partial charge < -0.3 is 24.8 Å². The fraction of sp³-hybridized carbons (Fsp3) is 0.900. The van der Waals surface area contributed by atoms with Crippen LogP contribution in [-0.2, 0) is 4.74 Å². The third-order valence-electron chi connectivity index (χ3n) is 7.62. The first-order valence-corrected chi connectivity index (χ1v) is 10.6. The van der Waals surface area contributed by atoms with E-state index in [9.17, 15) is 9.59 Å². The molecule has 1 N–H and O–H groups in total. The van der Waals surface area contributed by atoms with Crippen LogP contribution in [0.1, 0.15) is 44.9 Å². The molecule has 3 saturated heterocycles. The zero-order valence-electron chi connectivity index (χ0n) is 16.8. The molecule has 3 amide bonds. The summed E-state index contributed by atoms with van der Waals surface area (Å²) in [5, 5.41) is 2.80. The van der Waals surface area contributed by atoms with Gasteiger partial charge in [0, 0.05) is 38.8 Å². The summed E-state index contributed by atoms with van der Waals surface area (Å²) >= 11 is 0. The molecule has 0 aromatic heterocycles. The van der Waals surface area contributed by atoms with E-state index in [1.807, 2.05) is 4.90 Å². The van der Waals surface area contributed by atoms with Crippen molar-refractivity contribution in [1.82, 2.24) is 20.0 Å². The minimum absolute atomic E-state index is 0.0947. The molecule has 4 rings (SSSR count). The number of carbonyl (C=O) groups is 2. The Bertz CT molecular complexity index is 570. The summed E-state index contributed by atoms with van der Waals surface area (Å²) in [6, 6.07) is 1.21. The minimum Gasteiger partial charge on any atom is -0.453 e. The van der Waals surface area contributed by atoms with Crippen LogP contribution in [0, 0.1) is 11.3 Å². The van der Waals surface area contributed by atoms with E-state index in [-0.39, 0.29) is 12.1 Å². The Kier molecular flexibility index (Phi) is 5.23. The third kappa shape index (κ3) is 3.50. The Morgan fingerprint density at radius 1 is 1.07 bits per heavy atom. The molecule has 0 radical (unpaired) electrons. The van der Waals surface area contributed by atoms with Crippen molar-refractivity contribution in [3.8, 4) is 0 Å². The Balaban J connectivity index is 1.24. The van der Waals surface area contributed by atoms with E-state index in [1.165, 1.54) is 32.8 Å². The lowest BCUT2D eigenvalue weighted by atomic mass is 9.64. The highest BCUT2D eigenvalue weighted by molar-refractivity contribution is 5.74. The number of carbonyl (C=O) groups excluding carboxylic acids is 2. The normalized spacial score (nSPS) is 34.7. The van der Waals surface area contributed by atoms with Gasteiger partial charge in [0.05, 0.1) is 7.11 Å². The van der Waals surface area contributed by atoms with Gasteiger partial charge in [0.15, 0.2) is 0 Å². The predicted octanol–water partition coefficient (Wildman–Crippen LogP) is 2.12. The van der Waals surface area contributed by atoms with Gasteiger partial charge in [0.25, 0.3) is 0 Å². The van der Waals surface area contributed by atoms with Crippen molar-refractivity contribution < 1.29 is 14.3 Å². The van der Waals surface area contributed by atoms with Crippen molar-refractivity contribution in [3.63, 3.8) is 0 Å². The predicted molar refractivity (Wildman–Crippen MR) is 103 cm³/mol. The van der Waals surface area contributed by atoms with Crippen LogP contribution >= 0.6 is 0 Å². The SMILES string of the molecule is CNC(=O)N1CCC[C@H]1C1CCN(C2CC3(CCN(C(=O)OC)C3)C2)CC1. The number of nitrogens with zero attached hydrogens (tertiary/aromatic N) is 3. The molecular weight excluding hydrogens is 344 g/mol. The molecule has 4 fully saturated rings. The van der Waals surface area contributed by atoms with Crippen molar-refractivity contribution >= 4 is 12.1 Å². The Morgan fingerprint density at radius 2 is 1.81 bits per heavy atom. The van der Waals surface area contributed by atoms with Gasteiger partial charge in [-0.3, -0.25) is 0 Å². The molecule has 0 aromatic carbocycles. The zero-order valence-corrected chi connectivity index (χ0v) is 16.8. The molecule has 0 aromatic rings. The molecule has 3 heterocycles. The topological polar surface area (TPSA) is 65.1 Å². The molecule has 152 valence electrons. The average molecular weight is 379 g/mol. The van der Waals surface area contributed by atoms with Gasteiger partial charge in [-0.1, -0.05) is 0 Å². The second-order valence-electron chi connectivity index (χ2n) is 9.04. The highest BCUT2D eigenvalue weighted by Gasteiger charge is 2.51. The fourth-order valence-electron chi connectivity index (χ4n) is 6.10. The maximum absolute atomic E-state index is 12.1. The number of hydrogen-bond acceptors (Lipinski definition) is 4. The lowest BCUT2D eigenvalue weighted by molar-refractivity contribution is -0.0141. The third-order valence-corrected chi connectivity index (χ3v) is 7.62. The number of nitrogens with one attached hydrogen (secondary N) is 1. The van der Waals surface area contributed by atoms with Crippen LogP contribution in [-0.4, -0.2) is 85.8 Å². The highest BCUT2D eigenvalue weighted by Crippen LogP contribution is 2.50. The van der Waals surface area contributed by atoms with E-state index in [1.54, 1.807) is 7.05 Å². The van der Waals surface area contributed by atoms with Gasteiger partial charge in [0.2, 0.25) is 0 Å². The van der Waals surface area contributed by atoms with Crippen molar-refractivity contribution in [2.75, 3.05) is 46.9 Å². The van der Waals surface area contributed by atoms with Gasteiger partial charge in [0.1, 0.15) is 0 Å². The summed E-state index contributed by atoms with van der Waals surface area (Å²) in [4.78, 5) is 30.5. The molecule has 7 nitrogen and oxygen atoms in total. The monoisotopic (exact) mass is 378 g/mol. The second-order valence-corrected chi connectivity index (χ2v) is 9.04. The van der Waals surface area contributed by atoms with Crippen molar-refractivity contribution in [1.29, 1.82) is 0 Å². The van der Waals surface area contributed by atoms with E-state index < -0.39 is 0 Å². The van der Waals surface area contributed by atoms with Crippen LogP contribution in [0.5, 0.6) is 0 Å². The molecule has 0 bridgehead atoms. The Labute approximate surface area is 162 Å². The number of likely N-dealkylation sites (tertiary alicyclic amines) is 3. The first kappa shape index (κ1) is 18.8. The summed E-state index contributed by atoms with van der Waals surface area (Å²) in [5.41, 5.74) is 0.344. The number of urea groups is 1.